The molecule has 0 aliphatic heterocycles. The van der Waals surface area contributed by atoms with Crippen LogP contribution in [0.1, 0.15) is 0 Å². The fraction of sp³-hybridized carbons (Fsp3) is 0. The van der Waals surface area contributed by atoms with E-state index in [1.165, 1.54) is 0 Å². The zero-order valence-corrected chi connectivity index (χ0v) is 5.74. The second-order valence-electron chi connectivity index (χ2n) is 0. The average Bonchev–Trinajstić information content (AvgIpc) is 0. The van der Waals surface area contributed by atoms with Gasteiger partial charge >= 0.3 is 18.9 Å². The quantitative estimate of drug-likeness (QED) is 0.357. The van der Waals surface area contributed by atoms with Gasteiger partial charge in [0, 0.05) is 50.3 Å². The van der Waals surface area contributed by atoms with Gasteiger partial charge in [-0.25, -0.2) is 0 Å². The van der Waals surface area contributed by atoms with Crippen LogP contribution in [-0.2, 0) is 50.3 Å². The molecule has 5 heteroatoms. The van der Waals surface area contributed by atoms with Gasteiger partial charge in [0.25, 0.3) is 0 Å². The van der Waals surface area contributed by atoms with E-state index in [1.807, 2.05) is 0 Å². The predicted molar refractivity (Wildman–Crippen MR) is 3.61 cm³/mol. The van der Waals surface area contributed by atoms with Crippen molar-refractivity contribution in [3.05, 3.63) is 0 Å². The van der Waals surface area contributed by atoms with Crippen LogP contribution in [0.5, 0.6) is 0 Å². The minimum Gasteiger partial charge on any atom is -0.412 e. The third-order valence-electron chi connectivity index (χ3n) is 0. The summed E-state index contributed by atoms with van der Waals surface area (Å²) in [4.78, 5) is 0. The van der Waals surface area contributed by atoms with E-state index in [9.17, 15) is 0 Å². The Hall–Kier alpha value is 2.08. The van der Waals surface area contributed by atoms with Crippen molar-refractivity contribution in [3.63, 3.8) is 0 Å². The molecule has 0 rings (SSSR count). The monoisotopic (exact) mass is 197 g/mol. The van der Waals surface area contributed by atoms with Crippen molar-refractivity contribution in [1.29, 1.82) is 0 Å². The molecule has 0 aliphatic carbocycles. The SMILES string of the molecule is O.[Co].[Li+].[Mn].[Ni]. The molecule has 0 aliphatic rings. The maximum absolute atomic E-state index is 0. The van der Waals surface area contributed by atoms with E-state index < -0.39 is 0 Å². The first kappa shape index (κ1) is 60.6. The molecule has 0 atom stereocenters. The van der Waals surface area contributed by atoms with Crippen LogP contribution >= 0.6 is 0 Å². The summed E-state index contributed by atoms with van der Waals surface area (Å²) in [5, 5.41) is 0. The molecule has 0 spiro atoms. The first-order chi connectivity index (χ1) is 0. The van der Waals surface area contributed by atoms with Gasteiger partial charge in [0.05, 0.1) is 0 Å². The third kappa shape index (κ3) is 23.4. The molecule has 0 saturated carbocycles. The van der Waals surface area contributed by atoms with E-state index in [2.05, 4.69) is 0 Å². The van der Waals surface area contributed by atoms with E-state index in [4.69, 9.17) is 0 Å². The second kappa shape index (κ2) is 36.3. The number of hydrogen-bond donors (Lipinski definition) is 0. The summed E-state index contributed by atoms with van der Waals surface area (Å²) in [5.41, 5.74) is 0. The number of hydrogen-bond acceptors (Lipinski definition) is 0. The maximum atomic E-state index is 0. The van der Waals surface area contributed by atoms with Crippen LogP contribution in [0.3, 0.4) is 0 Å². The summed E-state index contributed by atoms with van der Waals surface area (Å²) in [6.45, 7) is 0. The third-order valence-corrected chi connectivity index (χ3v) is 0. The van der Waals surface area contributed by atoms with Crippen LogP contribution in [0.15, 0.2) is 0 Å². The molecule has 0 aromatic carbocycles. The molecule has 0 aromatic rings. The Balaban J connectivity index is 0. The molecule has 0 heterocycles. The van der Waals surface area contributed by atoms with Crippen LogP contribution in [0, 0.1) is 0 Å². The van der Waals surface area contributed by atoms with Crippen molar-refractivity contribution >= 4 is 0 Å². The van der Waals surface area contributed by atoms with Crippen molar-refractivity contribution in [2.75, 3.05) is 0 Å². The minimum atomic E-state index is 0. The average molecular weight is 198 g/mol. The molecule has 2 N–H and O–H groups in total. The first-order valence-electron chi connectivity index (χ1n) is 0. The largest absolute Gasteiger partial charge is 1.00 e. The minimum absolute atomic E-state index is 0. The van der Waals surface area contributed by atoms with Crippen molar-refractivity contribution < 1.29 is 74.7 Å². The second-order valence-corrected chi connectivity index (χ2v) is 0. The number of rotatable bonds is 0. The van der Waals surface area contributed by atoms with Gasteiger partial charge in [0.1, 0.15) is 0 Å². The molecule has 0 saturated heterocycles. The first-order valence-corrected chi connectivity index (χ1v) is 0. The van der Waals surface area contributed by atoms with Crippen LogP contribution in [-0.4, -0.2) is 5.48 Å². The molecule has 0 bridgehead atoms. The van der Waals surface area contributed by atoms with Crippen molar-refractivity contribution in [3.8, 4) is 0 Å². The Bertz CT molecular complexity index is 11.6. The fourth-order valence-electron chi connectivity index (χ4n) is 0. The fourth-order valence-corrected chi connectivity index (χ4v) is 0. The molecule has 0 unspecified atom stereocenters. The molecular formula is H2CoLiMnNiO+. The molecule has 0 amide bonds. The summed E-state index contributed by atoms with van der Waals surface area (Å²) in [7, 11) is 0. The van der Waals surface area contributed by atoms with E-state index in [0.717, 1.165) is 0 Å². The topological polar surface area (TPSA) is 31.5 Å². The van der Waals surface area contributed by atoms with Gasteiger partial charge < -0.3 is 5.48 Å². The van der Waals surface area contributed by atoms with Crippen LogP contribution in [0.25, 0.3) is 0 Å². The molecule has 5 heavy (non-hydrogen) atoms. The van der Waals surface area contributed by atoms with Crippen LogP contribution in [0.2, 0.25) is 0 Å². The Kier molecular flexibility index (Phi) is 440. The zero-order chi connectivity index (χ0) is 0. The normalized spacial score (nSPS) is 0. The summed E-state index contributed by atoms with van der Waals surface area (Å²) in [6, 6.07) is 0. The molecule has 0 aromatic heterocycles. The summed E-state index contributed by atoms with van der Waals surface area (Å²) < 4.78 is 0. The van der Waals surface area contributed by atoms with Gasteiger partial charge in [-0.2, -0.15) is 0 Å². The Morgan fingerprint density at radius 2 is 1.00 bits per heavy atom. The Labute approximate surface area is 74.1 Å². The van der Waals surface area contributed by atoms with E-state index >= 15 is 0 Å². The molecule has 34 valence electrons. The van der Waals surface area contributed by atoms with Crippen LogP contribution in [0.4, 0.5) is 0 Å². The van der Waals surface area contributed by atoms with E-state index in [1.54, 1.807) is 0 Å². The Morgan fingerprint density at radius 1 is 1.00 bits per heavy atom. The van der Waals surface area contributed by atoms with Crippen molar-refractivity contribution in [1.82, 2.24) is 0 Å². The van der Waals surface area contributed by atoms with Gasteiger partial charge in [0.2, 0.25) is 0 Å². The van der Waals surface area contributed by atoms with Gasteiger partial charge in [-0.15, -0.1) is 0 Å². The molecular weight excluding hydrogens is 196 g/mol. The Morgan fingerprint density at radius 3 is 1.00 bits per heavy atom. The van der Waals surface area contributed by atoms with Gasteiger partial charge in [0.15, 0.2) is 0 Å². The molecule has 0 fully saturated rings. The zero-order valence-electron chi connectivity index (χ0n) is 2.53. The van der Waals surface area contributed by atoms with Crippen molar-refractivity contribution in [2.24, 2.45) is 0 Å². The molecule has 2 radical (unpaired) electrons. The molecule has 1 nitrogen and oxygen atoms in total. The van der Waals surface area contributed by atoms with Gasteiger partial charge in [-0.3, -0.25) is 0 Å². The summed E-state index contributed by atoms with van der Waals surface area (Å²) in [5.74, 6) is 0. The van der Waals surface area contributed by atoms with Gasteiger partial charge in [-0.1, -0.05) is 0 Å². The van der Waals surface area contributed by atoms with Crippen molar-refractivity contribution in [2.45, 2.75) is 0 Å². The maximum Gasteiger partial charge on any atom is 1.00 e. The van der Waals surface area contributed by atoms with E-state index in [-0.39, 0.29) is 74.7 Å². The predicted octanol–water partition coefficient (Wildman–Crippen LogP) is -3.83. The summed E-state index contributed by atoms with van der Waals surface area (Å²) in [6.07, 6.45) is 0. The smallest absolute Gasteiger partial charge is 0.412 e. The van der Waals surface area contributed by atoms with E-state index in [0.29, 0.717) is 0 Å². The van der Waals surface area contributed by atoms with Crippen LogP contribution < -0.4 is 18.9 Å². The summed E-state index contributed by atoms with van der Waals surface area (Å²) >= 11 is 0. The van der Waals surface area contributed by atoms with Gasteiger partial charge in [-0.05, 0) is 0 Å². The standard InChI is InChI=1S/Co.Li.Mn.Ni.H2O/h;;;;1H2/q;+1;;;.